The maximum absolute atomic E-state index is 13.8. The van der Waals surface area contributed by atoms with Crippen LogP contribution in [0.15, 0.2) is 58.5 Å². The predicted molar refractivity (Wildman–Crippen MR) is 131 cm³/mol. The van der Waals surface area contributed by atoms with Crippen molar-refractivity contribution in [2.24, 2.45) is 9.98 Å². The Hall–Kier alpha value is -3.53. The number of rotatable bonds is 8. The van der Waals surface area contributed by atoms with E-state index >= 15 is 0 Å². The summed E-state index contributed by atoms with van der Waals surface area (Å²) in [6.07, 6.45) is 1.76. The number of carbonyl (C=O) groups excluding carboxylic acids is 3. The number of unbranched alkanes of at least 4 members (excludes halogenated alkanes) is 1. The normalized spacial score (nSPS) is 16.4. The lowest BCUT2D eigenvalue weighted by atomic mass is 10.1. The number of benzene rings is 2. The van der Waals surface area contributed by atoms with Gasteiger partial charge in [-0.2, -0.15) is 0 Å². The van der Waals surface area contributed by atoms with Crippen molar-refractivity contribution in [1.29, 1.82) is 0 Å². The molecule has 2 heterocycles. The molecule has 4 rings (SSSR count). The fourth-order valence-corrected chi connectivity index (χ4v) is 4.36. The van der Waals surface area contributed by atoms with E-state index in [2.05, 4.69) is 20.6 Å². The number of halogens is 1. The SMILES string of the molecule is CCCCNC(=O)C[C@@H]1N=C2c3ccccc3N=C(SCC(=O)Nc3ccccc3F)N2C1=O. The Morgan fingerprint density at radius 3 is 2.68 bits per heavy atom. The highest BCUT2D eigenvalue weighted by atomic mass is 32.2. The van der Waals surface area contributed by atoms with Crippen molar-refractivity contribution in [1.82, 2.24) is 10.2 Å². The van der Waals surface area contributed by atoms with Gasteiger partial charge >= 0.3 is 0 Å². The maximum Gasteiger partial charge on any atom is 0.259 e. The molecule has 0 aromatic heterocycles. The Labute approximate surface area is 200 Å². The number of nitrogens with one attached hydrogen (secondary N) is 2. The van der Waals surface area contributed by atoms with E-state index < -0.39 is 17.8 Å². The van der Waals surface area contributed by atoms with Gasteiger partial charge in [0, 0.05) is 12.1 Å². The number of carbonyl (C=O) groups is 3. The quantitative estimate of drug-likeness (QED) is 0.564. The molecule has 8 nitrogen and oxygen atoms in total. The second kappa shape index (κ2) is 10.6. The van der Waals surface area contributed by atoms with Crippen molar-refractivity contribution in [2.75, 3.05) is 17.6 Å². The van der Waals surface area contributed by atoms with Gasteiger partial charge in [0.2, 0.25) is 11.8 Å². The number of nitrogens with zero attached hydrogens (tertiary/aromatic N) is 3. The van der Waals surface area contributed by atoms with E-state index in [1.807, 2.05) is 25.1 Å². The van der Waals surface area contributed by atoms with Crippen LogP contribution in [0.4, 0.5) is 15.8 Å². The molecule has 0 bridgehead atoms. The van der Waals surface area contributed by atoms with Gasteiger partial charge in [0.15, 0.2) is 5.17 Å². The van der Waals surface area contributed by atoms with Crippen molar-refractivity contribution in [3.8, 4) is 0 Å². The van der Waals surface area contributed by atoms with Gasteiger partial charge in [-0.3, -0.25) is 19.4 Å². The molecule has 0 aliphatic carbocycles. The van der Waals surface area contributed by atoms with Crippen LogP contribution in [0.2, 0.25) is 0 Å². The van der Waals surface area contributed by atoms with E-state index in [-0.39, 0.29) is 29.7 Å². The van der Waals surface area contributed by atoms with Gasteiger partial charge in [-0.1, -0.05) is 49.4 Å². The molecule has 10 heteroatoms. The van der Waals surface area contributed by atoms with Crippen LogP contribution in [0.3, 0.4) is 0 Å². The minimum absolute atomic E-state index is 0.0591. The summed E-state index contributed by atoms with van der Waals surface area (Å²) < 4.78 is 13.8. The van der Waals surface area contributed by atoms with Crippen LogP contribution < -0.4 is 10.6 Å². The topological polar surface area (TPSA) is 103 Å². The van der Waals surface area contributed by atoms with Crippen molar-refractivity contribution >= 4 is 51.9 Å². The summed E-state index contributed by atoms with van der Waals surface area (Å²) in [4.78, 5) is 48.4. The predicted octanol–water partition coefficient (Wildman–Crippen LogP) is 3.46. The third-order valence-corrected chi connectivity index (χ3v) is 6.20. The van der Waals surface area contributed by atoms with E-state index in [1.165, 1.54) is 23.1 Å². The summed E-state index contributed by atoms with van der Waals surface area (Å²) in [5.74, 6) is -1.24. The molecule has 2 aromatic carbocycles. The molecule has 2 N–H and O–H groups in total. The standard InChI is InChI=1S/C24H24FN5O3S/c1-2-3-12-26-20(31)13-19-23(33)30-22(28-19)15-8-4-6-10-17(15)29-24(30)34-14-21(32)27-18-11-7-5-9-16(18)25/h4-11,19H,2-3,12-14H2,1H3,(H,26,31)(H,27,32)/t19-/m0/s1. The van der Waals surface area contributed by atoms with Crippen LogP contribution in [0.1, 0.15) is 31.7 Å². The molecule has 2 aromatic rings. The molecule has 0 unspecified atom stereocenters. The molecule has 176 valence electrons. The van der Waals surface area contributed by atoms with E-state index in [0.717, 1.165) is 24.6 Å². The van der Waals surface area contributed by atoms with Gasteiger partial charge in [-0.05, 0) is 30.7 Å². The lowest BCUT2D eigenvalue weighted by molar-refractivity contribution is -0.128. The third-order valence-electron chi connectivity index (χ3n) is 5.26. The fraction of sp³-hybridized carbons (Fsp3) is 0.292. The number of hydrogen-bond donors (Lipinski definition) is 2. The number of hydrogen-bond acceptors (Lipinski definition) is 6. The van der Waals surface area contributed by atoms with Gasteiger partial charge in [0.05, 0.1) is 23.5 Å². The highest BCUT2D eigenvalue weighted by Crippen LogP contribution is 2.34. The average molecular weight is 482 g/mol. The molecule has 0 spiro atoms. The second-order valence-corrected chi connectivity index (χ2v) is 8.72. The zero-order valence-electron chi connectivity index (χ0n) is 18.6. The number of thioether (sulfide) groups is 1. The summed E-state index contributed by atoms with van der Waals surface area (Å²) in [6, 6.07) is 12.3. The molecular weight excluding hydrogens is 457 g/mol. The van der Waals surface area contributed by atoms with Crippen LogP contribution in [0, 0.1) is 5.82 Å². The summed E-state index contributed by atoms with van der Waals surface area (Å²) in [7, 11) is 0. The number of fused-ring (bicyclic) bond motifs is 3. The van der Waals surface area contributed by atoms with Crippen LogP contribution in [0.5, 0.6) is 0 Å². The highest BCUT2D eigenvalue weighted by Gasteiger charge is 2.42. The molecular formula is C24H24FN5O3S. The van der Waals surface area contributed by atoms with Gasteiger partial charge in [-0.25, -0.2) is 14.3 Å². The minimum atomic E-state index is -0.860. The summed E-state index contributed by atoms with van der Waals surface area (Å²) in [6.45, 7) is 2.59. The Kier molecular flexibility index (Phi) is 7.36. The molecule has 34 heavy (non-hydrogen) atoms. The van der Waals surface area contributed by atoms with Crippen LogP contribution in [-0.2, 0) is 14.4 Å². The highest BCUT2D eigenvalue weighted by molar-refractivity contribution is 8.14. The molecule has 0 radical (unpaired) electrons. The third kappa shape index (κ3) is 5.17. The van der Waals surface area contributed by atoms with Gasteiger partial charge in [-0.15, -0.1) is 0 Å². The Balaban J connectivity index is 1.49. The molecule has 2 aliphatic rings. The van der Waals surface area contributed by atoms with Gasteiger partial charge in [0.25, 0.3) is 5.91 Å². The second-order valence-electron chi connectivity index (χ2n) is 7.78. The van der Waals surface area contributed by atoms with Crippen LogP contribution in [0.25, 0.3) is 0 Å². The molecule has 0 saturated heterocycles. The summed E-state index contributed by atoms with van der Waals surface area (Å²) in [5.41, 5.74) is 1.39. The number of anilines is 1. The van der Waals surface area contributed by atoms with E-state index in [4.69, 9.17) is 0 Å². The van der Waals surface area contributed by atoms with Gasteiger partial charge < -0.3 is 10.6 Å². The molecule has 3 amide bonds. The molecule has 2 aliphatic heterocycles. The van der Waals surface area contributed by atoms with E-state index in [0.29, 0.717) is 28.8 Å². The smallest absolute Gasteiger partial charge is 0.259 e. The zero-order chi connectivity index (χ0) is 24.1. The average Bonchev–Trinajstić information content (AvgIpc) is 3.15. The van der Waals surface area contributed by atoms with E-state index in [9.17, 15) is 18.8 Å². The Bertz CT molecular complexity index is 1180. The summed E-state index contributed by atoms with van der Waals surface area (Å²) >= 11 is 1.05. The minimum Gasteiger partial charge on any atom is -0.356 e. The molecule has 0 saturated carbocycles. The monoisotopic (exact) mass is 481 g/mol. The maximum atomic E-state index is 13.8. The van der Waals surface area contributed by atoms with Crippen LogP contribution in [-0.4, -0.2) is 52.0 Å². The lowest BCUT2D eigenvalue weighted by Gasteiger charge is -2.25. The van der Waals surface area contributed by atoms with Crippen molar-refractivity contribution < 1.29 is 18.8 Å². The fourth-order valence-electron chi connectivity index (χ4n) is 3.56. The number of amides is 3. The van der Waals surface area contributed by atoms with Crippen molar-refractivity contribution in [3.63, 3.8) is 0 Å². The van der Waals surface area contributed by atoms with E-state index in [1.54, 1.807) is 12.1 Å². The first-order valence-corrected chi connectivity index (χ1v) is 12.0. The first-order valence-electron chi connectivity index (χ1n) is 11.0. The Morgan fingerprint density at radius 1 is 1.12 bits per heavy atom. The molecule has 1 atom stereocenters. The zero-order valence-corrected chi connectivity index (χ0v) is 19.4. The lowest BCUT2D eigenvalue weighted by Crippen LogP contribution is -2.42. The first kappa shape index (κ1) is 23.6. The first-order chi connectivity index (χ1) is 16.5. The Morgan fingerprint density at radius 2 is 1.88 bits per heavy atom. The number of aliphatic imine (C=N–C) groups is 2. The van der Waals surface area contributed by atoms with Gasteiger partial charge in [0.1, 0.15) is 17.7 Å². The van der Waals surface area contributed by atoms with Crippen LogP contribution >= 0.6 is 11.8 Å². The van der Waals surface area contributed by atoms with Crippen molar-refractivity contribution in [2.45, 2.75) is 32.2 Å². The van der Waals surface area contributed by atoms with Crippen molar-refractivity contribution in [3.05, 3.63) is 59.9 Å². The largest absolute Gasteiger partial charge is 0.356 e. The number of para-hydroxylation sites is 2. The summed E-state index contributed by atoms with van der Waals surface area (Å²) in [5, 5.41) is 5.63. The molecule has 0 fully saturated rings. The number of amidine groups is 2.